The van der Waals surface area contributed by atoms with Gasteiger partial charge in [0.15, 0.2) is 0 Å². The number of nitrogens with one attached hydrogen (secondary N) is 1. The number of halogens is 1. The van der Waals surface area contributed by atoms with Crippen molar-refractivity contribution in [3.8, 4) is 0 Å². The minimum absolute atomic E-state index is 0.410. The van der Waals surface area contributed by atoms with Crippen molar-refractivity contribution in [1.82, 2.24) is 0 Å². The molecule has 1 aromatic carbocycles. The van der Waals surface area contributed by atoms with Gasteiger partial charge in [0.25, 0.3) is 0 Å². The van der Waals surface area contributed by atoms with Gasteiger partial charge < -0.3 is 9.73 Å². The van der Waals surface area contributed by atoms with E-state index in [1.165, 1.54) is 5.56 Å². The standard InChI is InChI=1S/C15H18BrNO/c1-11-5-8-14(16)15(10-11)17-12(2)6-7-13-4-3-9-18-13/h3-5,8-10,12,17H,6-7H2,1-2H3. The Hall–Kier alpha value is -1.22. The summed E-state index contributed by atoms with van der Waals surface area (Å²) in [6, 6.07) is 10.7. The van der Waals surface area contributed by atoms with Crippen molar-refractivity contribution >= 4 is 21.6 Å². The Morgan fingerprint density at radius 3 is 2.89 bits per heavy atom. The van der Waals surface area contributed by atoms with Crippen LogP contribution in [-0.2, 0) is 6.42 Å². The molecule has 1 unspecified atom stereocenters. The van der Waals surface area contributed by atoms with Crippen molar-refractivity contribution in [1.29, 1.82) is 0 Å². The molecule has 0 aliphatic rings. The highest BCUT2D eigenvalue weighted by Crippen LogP contribution is 2.24. The fourth-order valence-corrected chi connectivity index (χ4v) is 2.26. The molecule has 0 amide bonds. The molecular weight excluding hydrogens is 290 g/mol. The van der Waals surface area contributed by atoms with E-state index in [0.29, 0.717) is 6.04 Å². The molecule has 0 aliphatic heterocycles. The summed E-state index contributed by atoms with van der Waals surface area (Å²) < 4.78 is 6.45. The first kappa shape index (κ1) is 13.2. The summed E-state index contributed by atoms with van der Waals surface area (Å²) >= 11 is 3.57. The van der Waals surface area contributed by atoms with Gasteiger partial charge in [0, 0.05) is 22.6 Å². The predicted octanol–water partition coefficient (Wildman–Crippen LogP) is 4.78. The molecule has 2 nitrogen and oxygen atoms in total. The summed E-state index contributed by atoms with van der Waals surface area (Å²) in [5, 5.41) is 3.52. The summed E-state index contributed by atoms with van der Waals surface area (Å²) in [4.78, 5) is 0. The number of rotatable bonds is 5. The van der Waals surface area contributed by atoms with E-state index in [1.54, 1.807) is 6.26 Å². The van der Waals surface area contributed by atoms with Crippen LogP contribution < -0.4 is 5.32 Å². The number of furan rings is 1. The minimum Gasteiger partial charge on any atom is -0.469 e. The molecule has 1 N–H and O–H groups in total. The second-order valence-corrected chi connectivity index (χ2v) is 5.50. The quantitative estimate of drug-likeness (QED) is 0.859. The topological polar surface area (TPSA) is 25.2 Å². The number of hydrogen-bond acceptors (Lipinski definition) is 2. The summed E-state index contributed by atoms with van der Waals surface area (Å²) in [7, 11) is 0. The Morgan fingerprint density at radius 1 is 1.33 bits per heavy atom. The van der Waals surface area contributed by atoms with Crippen molar-refractivity contribution in [2.24, 2.45) is 0 Å². The Labute approximate surface area is 117 Å². The summed E-state index contributed by atoms with van der Waals surface area (Å²) in [6.07, 6.45) is 3.74. The van der Waals surface area contributed by atoms with Crippen LogP contribution in [0.2, 0.25) is 0 Å². The van der Waals surface area contributed by atoms with E-state index >= 15 is 0 Å². The van der Waals surface area contributed by atoms with E-state index in [9.17, 15) is 0 Å². The van der Waals surface area contributed by atoms with Crippen LogP contribution in [0.3, 0.4) is 0 Å². The molecule has 1 atom stereocenters. The van der Waals surface area contributed by atoms with Crippen LogP contribution in [0.1, 0.15) is 24.7 Å². The van der Waals surface area contributed by atoms with Gasteiger partial charge in [0.2, 0.25) is 0 Å². The average molecular weight is 308 g/mol. The number of aryl methyl sites for hydroxylation is 2. The molecular formula is C15H18BrNO. The van der Waals surface area contributed by atoms with E-state index < -0.39 is 0 Å². The number of anilines is 1. The first-order valence-corrected chi connectivity index (χ1v) is 6.99. The third kappa shape index (κ3) is 3.64. The van der Waals surface area contributed by atoms with E-state index in [2.05, 4.69) is 53.3 Å². The number of benzene rings is 1. The molecule has 0 saturated heterocycles. The van der Waals surface area contributed by atoms with Gasteiger partial charge in [0.1, 0.15) is 5.76 Å². The molecule has 0 radical (unpaired) electrons. The highest BCUT2D eigenvalue weighted by molar-refractivity contribution is 9.10. The molecule has 2 rings (SSSR count). The monoisotopic (exact) mass is 307 g/mol. The maximum atomic E-state index is 5.34. The fourth-order valence-electron chi connectivity index (χ4n) is 1.90. The second kappa shape index (κ2) is 6.10. The first-order chi connectivity index (χ1) is 8.65. The zero-order valence-corrected chi connectivity index (χ0v) is 12.3. The zero-order chi connectivity index (χ0) is 13.0. The van der Waals surface area contributed by atoms with Crippen molar-refractivity contribution in [2.45, 2.75) is 32.7 Å². The highest BCUT2D eigenvalue weighted by atomic mass is 79.9. The lowest BCUT2D eigenvalue weighted by Crippen LogP contribution is -2.16. The lowest BCUT2D eigenvalue weighted by Gasteiger charge is -2.16. The molecule has 1 aromatic heterocycles. The second-order valence-electron chi connectivity index (χ2n) is 4.65. The smallest absolute Gasteiger partial charge is 0.103 e. The molecule has 0 saturated carbocycles. The maximum Gasteiger partial charge on any atom is 0.103 e. The molecule has 3 heteroatoms. The fraction of sp³-hybridized carbons (Fsp3) is 0.333. The van der Waals surface area contributed by atoms with Crippen LogP contribution >= 0.6 is 15.9 Å². The van der Waals surface area contributed by atoms with E-state index in [1.807, 2.05) is 12.1 Å². The van der Waals surface area contributed by atoms with Gasteiger partial charge in [-0.05, 0) is 66.0 Å². The van der Waals surface area contributed by atoms with Crippen molar-refractivity contribution in [3.63, 3.8) is 0 Å². The van der Waals surface area contributed by atoms with Crippen molar-refractivity contribution < 1.29 is 4.42 Å². The summed E-state index contributed by atoms with van der Waals surface area (Å²) in [5.41, 5.74) is 2.42. The zero-order valence-electron chi connectivity index (χ0n) is 10.7. The Balaban J connectivity index is 1.90. The largest absolute Gasteiger partial charge is 0.469 e. The normalized spacial score (nSPS) is 12.4. The van der Waals surface area contributed by atoms with Gasteiger partial charge in [-0.2, -0.15) is 0 Å². The van der Waals surface area contributed by atoms with Gasteiger partial charge in [-0.1, -0.05) is 6.07 Å². The molecule has 0 aliphatic carbocycles. The molecule has 18 heavy (non-hydrogen) atoms. The third-order valence-corrected chi connectivity index (χ3v) is 3.62. The third-order valence-electron chi connectivity index (χ3n) is 2.93. The molecule has 1 heterocycles. The highest BCUT2D eigenvalue weighted by Gasteiger charge is 2.06. The van der Waals surface area contributed by atoms with Crippen molar-refractivity contribution in [3.05, 3.63) is 52.4 Å². The molecule has 96 valence electrons. The van der Waals surface area contributed by atoms with E-state index in [0.717, 1.165) is 28.8 Å². The van der Waals surface area contributed by atoms with Crippen LogP contribution in [0.4, 0.5) is 5.69 Å². The predicted molar refractivity (Wildman–Crippen MR) is 79.0 cm³/mol. The Kier molecular flexibility index (Phi) is 4.48. The van der Waals surface area contributed by atoms with Gasteiger partial charge in [0.05, 0.1) is 6.26 Å². The summed E-state index contributed by atoms with van der Waals surface area (Å²) in [6.45, 7) is 4.29. The van der Waals surface area contributed by atoms with Crippen LogP contribution in [-0.4, -0.2) is 6.04 Å². The maximum absolute atomic E-state index is 5.34. The van der Waals surface area contributed by atoms with Crippen LogP contribution in [0.25, 0.3) is 0 Å². The minimum atomic E-state index is 0.410. The average Bonchev–Trinajstić information content (AvgIpc) is 2.84. The molecule has 2 aromatic rings. The summed E-state index contributed by atoms with van der Waals surface area (Å²) in [5.74, 6) is 1.05. The lowest BCUT2D eigenvalue weighted by atomic mass is 10.1. The molecule has 0 bridgehead atoms. The Bertz CT molecular complexity index is 493. The van der Waals surface area contributed by atoms with Gasteiger partial charge in [-0.15, -0.1) is 0 Å². The molecule has 0 fully saturated rings. The first-order valence-electron chi connectivity index (χ1n) is 6.20. The Morgan fingerprint density at radius 2 is 2.17 bits per heavy atom. The lowest BCUT2D eigenvalue weighted by molar-refractivity contribution is 0.495. The van der Waals surface area contributed by atoms with Crippen LogP contribution in [0, 0.1) is 6.92 Å². The van der Waals surface area contributed by atoms with Gasteiger partial charge in [-0.25, -0.2) is 0 Å². The van der Waals surface area contributed by atoms with Crippen LogP contribution in [0.5, 0.6) is 0 Å². The van der Waals surface area contributed by atoms with E-state index in [4.69, 9.17) is 4.42 Å². The van der Waals surface area contributed by atoms with Gasteiger partial charge >= 0.3 is 0 Å². The van der Waals surface area contributed by atoms with Gasteiger partial charge in [-0.3, -0.25) is 0 Å². The SMILES string of the molecule is Cc1ccc(Br)c(NC(C)CCc2ccco2)c1. The van der Waals surface area contributed by atoms with Crippen LogP contribution in [0.15, 0.2) is 45.5 Å². The number of hydrogen-bond donors (Lipinski definition) is 1. The van der Waals surface area contributed by atoms with E-state index in [-0.39, 0.29) is 0 Å². The van der Waals surface area contributed by atoms with Crippen molar-refractivity contribution in [2.75, 3.05) is 5.32 Å². The molecule has 0 spiro atoms.